The number of fused-ring (bicyclic) bond motifs is 2. The summed E-state index contributed by atoms with van der Waals surface area (Å²) in [7, 11) is 7.18. The number of piperazine rings is 2. The quantitative estimate of drug-likeness (QED) is 0.0675. The number of Topliss-reactive ketones (excluding diaryl/α,β-unsaturated/α-hetero) is 2. The monoisotopic (exact) mass is 1130 g/mol. The number of nitrogens with zero attached hydrogens (tertiary/aromatic N) is 11. The Balaban J connectivity index is 0.000000261. The van der Waals surface area contributed by atoms with Crippen LogP contribution < -0.4 is 19.9 Å². The highest BCUT2D eigenvalue weighted by atomic mass is 35.5. The number of methoxy groups -OCH3 is 2. The van der Waals surface area contributed by atoms with Crippen molar-refractivity contribution in [2.45, 2.75) is 27.7 Å². The first-order valence-electron chi connectivity index (χ1n) is 24.8. The summed E-state index contributed by atoms with van der Waals surface area (Å²) >= 11 is 0. The van der Waals surface area contributed by atoms with Crippen molar-refractivity contribution in [3.63, 3.8) is 0 Å². The molecule has 2 fully saturated rings. The summed E-state index contributed by atoms with van der Waals surface area (Å²) < 4.78 is 29.5. The number of ketones is 2. The standard InChI is InChI=1S/C24H23N7O4.C13H11N5O4.C11H14N2O.C2H6.CH3F.CH6NP.ClH/c1-15-27-14-28-31(15)22-20-19(18(35-2)13-26-22)17(12-25-20)21(32)24(34)30-10-8-29(9-11-30)23(33)16-6-4-3-5-7-16;1-6-16-5-17-18(6)12-10-9(8(22-2)4-15-12)7(3-14-10)11(19)13(20)21;14-11(10-4-2-1-3-5-10)13-8-6-12-7-9-13;2*1-2;1-2-3;/h3-7,12-14,25H,8-11H2,1-2H3;3-5,14H,1-2H3,(H,20,21);1-5,12H,6-9H2;1-2H3;1H3;2H,3H2,1H3;1H/i/hD. The first-order valence-corrected chi connectivity index (χ1v) is 24.8. The van der Waals surface area contributed by atoms with E-state index in [-0.39, 0.29) is 48.4 Å². The van der Waals surface area contributed by atoms with Gasteiger partial charge in [0.1, 0.15) is 37.2 Å². The average Bonchev–Trinajstić information content (AvgIpc) is 4.33. The Kier molecular flexibility index (Phi) is 24.1. The molecular weight excluding hydrogens is 1060 g/mol. The highest BCUT2D eigenvalue weighted by molar-refractivity contribution is 7.13. The van der Waals surface area contributed by atoms with E-state index in [0.29, 0.717) is 82.4 Å². The molecule has 10 rings (SSSR count). The number of ether oxygens (including phenoxy) is 2. The van der Waals surface area contributed by atoms with Gasteiger partial charge in [-0.2, -0.15) is 19.6 Å². The molecule has 1 atom stereocenters. The van der Waals surface area contributed by atoms with Crippen LogP contribution in [0.4, 0.5) is 4.39 Å². The Morgan fingerprint density at radius 1 is 0.646 bits per heavy atom. The van der Waals surface area contributed by atoms with Crippen LogP contribution in [0.1, 0.15) is 66.9 Å². The van der Waals surface area contributed by atoms with Crippen molar-refractivity contribution in [2.75, 3.05) is 80.8 Å². The molecular formula is C52H64ClFN15O9P. The van der Waals surface area contributed by atoms with Gasteiger partial charge < -0.3 is 49.6 Å². The van der Waals surface area contributed by atoms with Crippen LogP contribution in [0.25, 0.3) is 33.4 Å². The molecule has 24 nitrogen and oxygen atoms in total. The number of aliphatic carboxylic acids is 1. The van der Waals surface area contributed by atoms with Gasteiger partial charge in [-0.05, 0) is 45.2 Å². The van der Waals surface area contributed by atoms with E-state index >= 15 is 0 Å². The fraction of sp³-hybridized carbons (Fsp3) is 0.308. The van der Waals surface area contributed by atoms with E-state index < -0.39 is 23.4 Å². The second-order valence-corrected chi connectivity index (χ2v) is 16.7. The van der Waals surface area contributed by atoms with E-state index in [1.54, 1.807) is 37.9 Å². The Bertz CT molecular complexity index is 3330. The lowest BCUT2D eigenvalue weighted by Gasteiger charge is -2.34. The fourth-order valence-electron chi connectivity index (χ4n) is 8.09. The van der Waals surface area contributed by atoms with Gasteiger partial charge >= 0.3 is 5.97 Å². The number of halogens is 2. The van der Waals surface area contributed by atoms with Gasteiger partial charge in [0.2, 0.25) is 0 Å². The van der Waals surface area contributed by atoms with Gasteiger partial charge in [-0.25, -0.2) is 24.7 Å². The van der Waals surface area contributed by atoms with Crippen molar-refractivity contribution in [2.24, 2.45) is 0 Å². The summed E-state index contributed by atoms with van der Waals surface area (Å²) in [6.45, 7) is 12.2. The number of alkyl halides is 1. The molecule has 0 spiro atoms. The molecule has 2 saturated heterocycles. The van der Waals surface area contributed by atoms with Crippen LogP contribution in [0.15, 0.2) is 98.1 Å². The number of carboxylic acid groups (broad SMARTS) is 1. The van der Waals surface area contributed by atoms with Gasteiger partial charge in [0.25, 0.3) is 29.3 Å². The zero-order valence-electron chi connectivity index (χ0n) is 45.8. The largest absolute Gasteiger partial charge is 0.494 e. The second-order valence-electron chi connectivity index (χ2n) is 16.2. The van der Waals surface area contributed by atoms with Crippen molar-refractivity contribution in [1.82, 2.24) is 74.6 Å². The maximum atomic E-state index is 13.3. The van der Waals surface area contributed by atoms with E-state index in [4.69, 9.17) is 16.0 Å². The number of aromatic amines is 2. The SMILES string of the molecule is CC.CF.COc1cnc(-n2ncnc2C)c2[nH]cc(C(=O)C(=O)N3CCN(C(=O)c4ccccc4)CC3)c12.COc1cnc(-n2ncnc2C)c2[nH]cc(C(=O)C(=O)O)c12.Cl.O=C(c1ccccc1)N1CCNCC1.[2H]N(C)P. The van der Waals surface area contributed by atoms with Crippen LogP contribution >= 0.6 is 21.8 Å². The molecule has 0 radical (unpaired) electrons. The number of rotatable bonds is 10. The molecule has 2 aromatic carbocycles. The molecule has 2 aliphatic rings. The molecule has 0 saturated carbocycles. The lowest BCUT2D eigenvalue weighted by atomic mass is 10.1. The Labute approximate surface area is 464 Å². The highest BCUT2D eigenvalue weighted by Gasteiger charge is 2.32. The van der Waals surface area contributed by atoms with Gasteiger partial charge in [-0.15, -0.1) is 12.4 Å². The topological polar surface area (TPSA) is 294 Å². The molecule has 79 heavy (non-hydrogen) atoms. The highest BCUT2D eigenvalue weighted by Crippen LogP contribution is 2.33. The predicted octanol–water partition coefficient (Wildman–Crippen LogP) is 5.12. The number of nitrogens with one attached hydrogen (secondary N) is 4. The maximum absolute atomic E-state index is 13.3. The van der Waals surface area contributed by atoms with Crippen LogP contribution in [0, 0.1) is 13.8 Å². The summed E-state index contributed by atoms with van der Waals surface area (Å²) in [4.78, 5) is 102. The molecule has 27 heteroatoms. The molecule has 6 aromatic heterocycles. The van der Waals surface area contributed by atoms with Gasteiger partial charge in [0.15, 0.2) is 11.6 Å². The molecule has 420 valence electrons. The molecule has 5 N–H and O–H groups in total. The molecule has 1 unspecified atom stereocenters. The van der Waals surface area contributed by atoms with Crippen LogP contribution in [-0.2, 0) is 9.59 Å². The zero-order valence-corrected chi connectivity index (χ0v) is 46.8. The summed E-state index contributed by atoms with van der Waals surface area (Å²) in [5, 5.41) is 22.4. The Hall–Kier alpha value is -8.51. The number of hydrogen-bond donors (Lipinski definition) is 5. The second kappa shape index (κ2) is 31.0. The minimum atomic E-state index is -1.54. The summed E-state index contributed by atoms with van der Waals surface area (Å²) in [6, 6.07) is 18.5. The number of aromatic nitrogens is 10. The van der Waals surface area contributed by atoms with Crippen molar-refractivity contribution in [3.8, 4) is 23.1 Å². The third-order valence-electron chi connectivity index (χ3n) is 11.8. The van der Waals surface area contributed by atoms with Crippen molar-refractivity contribution in [1.29, 1.82) is 0 Å². The molecule has 0 bridgehead atoms. The number of pyridine rings is 2. The molecule has 2 aliphatic heterocycles. The number of benzene rings is 2. The third-order valence-corrected chi connectivity index (χ3v) is 11.8. The van der Waals surface area contributed by atoms with E-state index in [0.717, 1.165) is 31.7 Å². The minimum Gasteiger partial charge on any atom is -0.494 e. The van der Waals surface area contributed by atoms with Crippen LogP contribution in [0.3, 0.4) is 0 Å². The normalized spacial score (nSPS) is 12.7. The summed E-state index contributed by atoms with van der Waals surface area (Å²) in [6.07, 6.45) is 8.49. The van der Waals surface area contributed by atoms with Crippen molar-refractivity contribution >= 4 is 78.9 Å². The van der Waals surface area contributed by atoms with Gasteiger partial charge in [0, 0.05) is 75.9 Å². The molecule has 8 heterocycles. The van der Waals surface area contributed by atoms with E-state index in [9.17, 15) is 33.2 Å². The predicted molar refractivity (Wildman–Crippen MR) is 299 cm³/mol. The average molecular weight is 1130 g/mol. The number of aryl methyl sites for hydroxylation is 2. The van der Waals surface area contributed by atoms with Gasteiger partial charge in [0.05, 0.1) is 66.7 Å². The number of H-pyrrole nitrogens is 2. The van der Waals surface area contributed by atoms with E-state index in [1.165, 1.54) is 71.0 Å². The lowest BCUT2D eigenvalue weighted by molar-refractivity contribution is -0.131. The Morgan fingerprint density at radius 3 is 1.39 bits per heavy atom. The zero-order chi connectivity index (χ0) is 57.8. The van der Waals surface area contributed by atoms with Crippen LogP contribution in [-0.4, -0.2) is 185 Å². The molecule has 3 amide bonds. The number of carbonyl (C=O) groups is 6. The first-order chi connectivity index (χ1) is 38.1. The molecule has 8 aromatic rings. The number of hydrogen-bond acceptors (Lipinski definition) is 16. The number of carboxylic acids is 1. The summed E-state index contributed by atoms with van der Waals surface area (Å²) in [5.74, 6) is -1.11. The Morgan fingerprint density at radius 2 is 1.03 bits per heavy atom. The van der Waals surface area contributed by atoms with Crippen LogP contribution in [0.5, 0.6) is 11.5 Å². The maximum Gasteiger partial charge on any atom is 0.377 e. The van der Waals surface area contributed by atoms with E-state index in [2.05, 4.69) is 54.8 Å². The minimum absolute atomic E-state index is 0. The first kappa shape index (κ1) is 61.3. The van der Waals surface area contributed by atoms with Crippen LogP contribution in [0.2, 0.25) is 1.41 Å². The smallest absolute Gasteiger partial charge is 0.377 e. The third kappa shape index (κ3) is 15.0. The van der Waals surface area contributed by atoms with E-state index in [1.807, 2.05) is 67.3 Å². The van der Waals surface area contributed by atoms with Crippen molar-refractivity contribution in [3.05, 3.63) is 132 Å². The summed E-state index contributed by atoms with van der Waals surface area (Å²) in [5.41, 5.74) is 2.52. The van der Waals surface area contributed by atoms with Gasteiger partial charge in [-0.1, -0.05) is 59.6 Å². The fourth-order valence-corrected chi connectivity index (χ4v) is 8.09. The number of amides is 3. The number of carbonyl (C=O) groups excluding carboxylic acids is 5. The van der Waals surface area contributed by atoms with Crippen molar-refractivity contribution < 1.29 is 49.1 Å². The molecule has 0 aliphatic carbocycles. The lowest BCUT2D eigenvalue weighted by Crippen LogP contribution is -2.52. The van der Waals surface area contributed by atoms with Gasteiger partial charge in [-0.3, -0.25) is 28.4 Å².